The average molecular weight is 286 g/mol. The van der Waals surface area contributed by atoms with Crippen molar-refractivity contribution >= 4 is 11.3 Å². The van der Waals surface area contributed by atoms with Crippen LogP contribution in [0.5, 0.6) is 5.75 Å². The molecule has 2 unspecified atom stereocenters. The summed E-state index contributed by atoms with van der Waals surface area (Å²) in [5.74, 6) is 0.741. The molecule has 0 bridgehead atoms. The standard InChI is InChI=1S/C16H18N2OS/c1-3-14(18)15(16-11(2)8-9-20-16)19-13-6-4-12(10-17)5-7-13/h4-9,14-15H,3,18H2,1-2H3. The van der Waals surface area contributed by atoms with Crippen molar-refractivity contribution in [3.05, 3.63) is 51.7 Å². The van der Waals surface area contributed by atoms with Crippen LogP contribution in [0.4, 0.5) is 0 Å². The lowest BCUT2D eigenvalue weighted by atomic mass is 10.1. The third-order valence-corrected chi connectivity index (χ3v) is 4.35. The predicted molar refractivity (Wildman–Crippen MR) is 81.8 cm³/mol. The van der Waals surface area contributed by atoms with E-state index in [-0.39, 0.29) is 12.1 Å². The first-order chi connectivity index (χ1) is 9.65. The van der Waals surface area contributed by atoms with Gasteiger partial charge in [0.25, 0.3) is 0 Å². The van der Waals surface area contributed by atoms with Crippen LogP contribution in [0, 0.1) is 18.3 Å². The van der Waals surface area contributed by atoms with E-state index in [4.69, 9.17) is 15.7 Å². The number of nitrogens with two attached hydrogens (primary N) is 1. The Labute approximate surface area is 123 Å². The van der Waals surface area contributed by atoms with Crippen molar-refractivity contribution in [1.29, 1.82) is 5.26 Å². The highest BCUT2D eigenvalue weighted by Gasteiger charge is 2.23. The molecule has 20 heavy (non-hydrogen) atoms. The normalized spacial score (nSPS) is 13.5. The monoisotopic (exact) mass is 286 g/mol. The van der Waals surface area contributed by atoms with Gasteiger partial charge in [0, 0.05) is 10.9 Å². The lowest BCUT2D eigenvalue weighted by molar-refractivity contribution is 0.174. The zero-order chi connectivity index (χ0) is 14.5. The van der Waals surface area contributed by atoms with Crippen LogP contribution in [-0.2, 0) is 0 Å². The Morgan fingerprint density at radius 1 is 1.30 bits per heavy atom. The summed E-state index contributed by atoms with van der Waals surface area (Å²) >= 11 is 1.67. The minimum Gasteiger partial charge on any atom is -0.483 e. The maximum Gasteiger partial charge on any atom is 0.148 e. The van der Waals surface area contributed by atoms with Crippen molar-refractivity contribution in [3.8, 4) is 11.8 Å². The van der Waals surface area contributed by atoms with Gasteiger partial charge in [-0.3, -0.25) is 0 Å². The molecule has 104 valence electrons. The smallest absolute Gasteiger partial charge is 0.148 e. The van der Waals surface area contributed by atoms with Gasteiger partial charge in [0.15, 0.2) is 0 Å². The summed E-state index contributed by atoms with van der Waals surface area (Å²) in [6.07, 6.45) is 0.700. The second-order valence-corrected chi connectivity index (χ2v) is 5.66. The lowest BCUT2D eigenvalue weighted by Gasteiger charge is -2.24. The number of hydrogen-bond acceptors (Lipinski definition) is 4. The fourth-order valence-corrected chi connectivity index (χ4v) is 3.01. The maximum atomic E-state index is 8.81. The molecule has 3 nitrogen and oxygen atoms in total. The minimum absolute atomic E-state index is 0.0528. The van der Waals surface area contributed by atoms with Gasteiger partial charge >= 0.3 is 0 Å². The molecule has 0 spiro atoms. The molecule has 0 amide bonds. The van der Waals surface area contributed by atoms with Crippen molar-refractivity contribution in [3.63, 3.8) is 0 Å². The van der Waals surface area contributed by atoms with Crippen LogP contribution in [0.2, 0.25) is 0 Å². The molecule has 1 heterocycles. The highest BCUT2D eigenvalue weighted by molar-refractivity contribution is 7.10. The Morgan fingerprint density at radius 2 is 2.00 bits per heavy atom. The SMILES string of the molecule is CCC(N)C(Oc1ccc(C#N)cc1)c1sccc1C. The number of aryl methyl sites for hydroxylation is 1. The van der Waals surface area contributed by atoms with E-state index in [1.165, 1.54) is 10.4 Å². The first-order valence-corrected chi connectivity index (χ1v) is 7.50. The number of benzene rings is 1. The Balaban J connectivity index is 2.24. The Bertz CT molecular complexity index is 598. The Morgan fingerprint density at radius 3 is 2.50 bits per heavy atom. The van der Waals surface area contributed by atoms with Crippen LogP contribution < -0.4 is 10.5 Å². The molecule has 2 rings (SSSR count). The van der Waals surface area contributed by atoms with Gasteiger partial charge in [-0.2, -0.15) is 5.26 Å². The number of rotatable bonds is 5. The van der Waals surface area contributed by atoms with Gasteiger partial charge < -0.3 is 10.5 Å². The fraction of sp³-hybridized carbons (Fsp3) is 0.312. The number of nitriles is 1. The molecule has 0 fully saturated rings. The number of ether oxygens (including phenoxy) is 1. The Hall–Kier alpha value is -1.83. The minimum atomic E-state index is -0.145. The van der Waals surface area contributed by atoms with Gasteiger partial charge in [0.1, 0.15) is 11.9 Å². The second kappa shape index (κ2) is 6.56. The predicted octanol–water partition coefficient (Wildman–Crippen LogP) is 3.79. The van der Waals surface area contributed by atoms with Gasteiger partial charge in [0.2, 0.25) is 0 Å². The molecule has 2 aromatic rings. The lowest BCUT2D eigenvalue weighted by Crippen LogP contribution is -2.31. The van der Waals surface area contributed by atoms with Gasteiger partial charge in [-0.05, 0) is 54.6 Å². The highest BCUT2D eigenvalue weighted by atomic mass is 32.1. The molecular weight excluding hydrogens is 268 g/mol. The summed E-state index contributed by atoms with van der Waals surface area (Å²) in [6, 6.07) is 11.3. The van der Waals surface area contributed by atoms with E-state index in [9.17, 15) is 0 Å². The third kappa shape index (κ3) is 3.19. The summed E-state index contributed by atoms with van der Waals surface area (Å²) in [5.41, 5.74) is 8.04. The zero-order valence-corrected chi connectivity index (χ0v) is 12.5. The van der Waals surface area contributed by atoms with Crippen LogP contribution in [0.3, 0.4) is 0 Å². The summed E-state index contributed by atoms with van der Waals surface area (Å²) < 4.78 is 6.07. The largest absolute Gasteiger partial charge is 0.483 e. The zero-order valence-electron chi connectivity index (χ0n) is 11.7. The van der Waals surface area contributed by atoms with Crippen LogP contribution >= 0.6 is 11.3 Å². The first-order valence-electron chi connectivity index (χ1n) is 6.62. The molecule has 4 heteroatoms. The van der Waals surface area contributed by atoms with E-state index in [0.717, 1.165) is 12.2 Å². The van der Waals surface area contributed by atoms with Crippen LogP contribution in [0.25, 0.3) is 0 Å². The van der Waals surface area contributed by atoms with Crippen molar-refractivity contribution in [2.45, 2.75) is 32.4 Å². The van der Waals surface area contributed by atoms with E-state index in [1.54, 1.807) is 23.5 Å². The van der Waals surface area contributed by atoms with Crippen molar-refractivity contribution in [2.75, 3.05) is 0 Å². The molecule has 0 saturated carbocycles. The summed E-state index contributed by atoms with van der Waals surface area (Å²) in [5, 5.41) is 10.9. The molecule has 1 aromatic carbocycles. The van der Waals surface area contributed by atoms with E-state index < -0.39 is 0 Å². The fourth-order valence-electron chi connectivity index (χ4n) is 1.98. The first kappa shape index (κ1) is 14.6. The summed E-state index contributed by atoms with van der Waals surface area (Å²) in [6.45, 7) is 4.13. The van der Waals surface area contributed by atoms with E-state index in [1.807, 2.05) is 12.1 Å². The van der Waals surface area contributed by atoms with E-state index in [0.29, 0.717) is 5.56 Å². The van der Waals surface area contributed by atoms with Crippen LogP contribution in [0.15, 0.2) is 35.7 Å². The Kier molecular flexibility index (Phi) is 4.78. The molecular formula is C16H18N2OS. The van der Waals surface area contributed by atoms with Crippen LogP contribution in [-0.4, -0.2) is 6.04 Å². The number of nitrogens with zero attached hydrogens (tertiary/aromatic N) is 1. The van der Waals surface area contributed by atoms with E-state index in [2.05, 4.69) is 31.4 Å². The average Bonchev–Trinajstić information content (AvgIpc) is 2.90. The maximum absolute atomic E-state index is 8.81. The number of hydrogen-bond donors (Lipinski definition) is 1. The van der Waals surface area contributed by atoms with Crippen molar-refractivity contribution in [2.24, 2.45) is 5.73 Å². The van der Waals surface area contributed by atoms with Crippen LogP contribution in [0.1, 0.15) is 35.5 Å². The van der Waals surface area contributed by atoms with Gasteiger partial charge in [0.05, 0.1) is 11.6 Å². The summed E-state index contributed by atoms with van der Waals surface area (Å²) in [7, 11) is 0. The number of thiophene rings is 1. The van der Waals surface area contributed by atoms with E-state index >= 15 is 0 Å². The summed E-state index contributed by atoms with van der Waals surface area (Å²) in [4.78, 5) is 1.17. The van der Waals surface area contributed by atoms with Crippen molar-refractivity contribution < 1.29 is 4.74 Å². The third-order valence-electron chi connectivity index (χ3n) is 3.27. The second-order valence-electron chi connectivity index (χ2n) is 4.71. The quantitative estimate of drug-likeness (QED) is 0.909. The van der Waals surface area contributed by atoms with Gasteiger partial charge in [-0.15, -0.1) is 11.3 Å². The van der Waals surface area contributed by atoms with Crippen molar-refractivity contribution in [1.82, 2.24) is 0 Å². The highest BCUT2D eigenvalue weighted by Crippen LogP contribution is 2.31. The molecule has 2 N–H and O–H groups in total. The van der Waals surface area contributed by atoms with Gasteiger partial charge in [-0.25, -0.2) is 0 Å². The molecule has 0 aliphatic heterocycles. The molecule has 0 radical (unpaired) electrons. The molecule has 0 aliphatic rings. The molecule has 0 aliphatic carbocycles. The molecule has 2 atom stereocenters. The molecule has 1 aromatic heterocycles. The topological polar surface area (TPSA) is 59.0 Å². The molecule has 0 saturated heterocycles. The van der Waals surface area contributed by atoms with Gasteiger partial charge in [-0.1, -0.05) is 6.92 Å².